The van der Waals surface area contributed by atoms with E-state index < -0.39 is 10.8 Å². The zero-order valence-electron chi connectivity index (χ0n) is 28.0. The van der Waals surface area contributed by atoms with Crippen LogP contribution in [0.5, 0.6) is 0 Å². The van der Waals surface area contributed by atoms with Gasteiger partial charge in [-0.05, 0) is 117 Å². The van der Waals surface area contributed by atoms with Crippen LogP contribution in [0.15, 0.2) is 71.0 Å². The predicted molar refractivity (Wildman–Crippen MR) is 168 cm³/mol. The highest BCUT2D eigenvalue weighted by molar-refractivity contribution is 4.94. The summed E-state index contributed by atoms with van der Waals surface area (Å²) in [4.78, 5) is 0. The van der Waals surface area contributed by atoms with Crippen LogP contribution in [0.1, 0.15) is 83.1 Å². The van der Waals surface area contributed by atoms with Gasteiger partial charge in [0.05, 0.1) is 61.6 Å². The number of hydrogen-bond donors (Lipinski definition) is 0. The average molecular weight is 579 g/mol. The van der Waals surface area contributed by atoms with Gasteiger partial charge in [-0.2, -0.15) is 0 Å². The number of allylic oxidation sites excluding steroid dienone is 6. The standard InChI is InChI=1S/C34H58O7/c1-27(2)13-35-19-33(20-36-14-28(3)4,21-37-15-29(5)6)25-41-26-34(22-38-16-30(7)8,23-39-17-31(9)10)24-40-18-32(11)12/h13-18H,19-26H2,1-12H3. The van der Waals surface area contributed by atoms with Crippen LogP contribution in [0.25, 0.3) is 0 Å². The minimum atomic E-state index is -0.585. The van der Waals surface area contributed by atoms with Crippen LogP contribution in [0.3, 0.4) is 0 Å². The summed E-state index contributed by atoms with van der Waals surface area (Å²) in [7, 11) is 0. The Labute approximate surface area is 250 Å². The van der Waals surface area contributed by atoms with Gasteiger partial charge in [0, 0.05) is 0 Å². The summed E-state index contributed by atoms with van der Waals surface area (Å²) in [5.41, 5.74) is 5.24. The van der Waals surface area contributed by atoms with E-state index in [4.69, 9.17) is 33.2 Å². The van der Waals surface area contributed by atoms with Crippen molar-refractivity contribution in [2.24, 2.45) is 10.8 Å². The largest absolute Gasteiger partial charge is 0.500 e. The Morgan fingerprint density at radius 1 is 0.317 bits per heavy atom. The molecule has 7 nitrogen and oxygen atoms in total. The monoisotopic (exact) mass is 578 g/mol. The Balaban J connectivity index is 6.21. The summed E-state index contributed by atoms with van der Waals surface area (Å²) in [5.74, 6) is 0. The third kappa shape index (κ3) is 20.7. The van der Waals surface area contributed by atoms with Gasteiger partial charge in [0.15, 0.2) is 0 Å². The first-order chi connectivity index (χ1) is 19.2. The van der Waals surface area contributed by atoms with Crippen LogP contribution in [-0.2, 0) is 33.2 Å². The van der Waals surface area contributed by atoms with Gasteiger partial charge in [-0.1, -0.05) is 0 Å². The first-order valence-electron chi connectivity index (χ1n) is 14.3. The summed E-state index contributed by atoms with van der Waals surface area (Å²) in [5, 5.41) is 0. The lowest BCUT2D eigenvalue weighted by Gasteiger charge is -2.35. The van der Waals surface area contributed by atoms with Crippen LogP contribution in [0.4, 0.5) is 0 Å². The maximum atomic E-state index is 6.51. The molecular formula is C34H58O7. The van der Waals surface area contributed by atoms with E-state index in [0.29, 0.717) is 52.9 Å². The fourth-order valence-electron chi connectivity index (χ4n) is 3.29. The van der Waals surface area contributed by atoms with Crippen LogP contribution in [0, 0.1) is 10.8 Å². The smallest absolute Gasteiger partial charge is 0.102 e. The van der Waals surface area contributed by atoms with E-state index in [0.717, 1.165) is 33.4 Å². The molecule has 0 aliphatic rings. The summed E-state index contributed by atoms with van der Waals surface area (Å²) in [6.45, 7) is 26.8. The molecule has 236 valence electrons. The normalized spacial score (nSPS) is 10.8. The lowest BCUT2D eigenvalue weighted by Crippen LogP contribution is -2.45. The molecule has 0 saturated heterocycles. The maximum absolute atomic E-state index is 6.51. The van der Waals surface area contributed by atoms with Gasteiger partial charge in [0.25, 0.3) is 0 Å². The van der Waals surface area contributed by atoms with E-state index in [1.54, 1.807) is 37.6 Å². The Hall–Kier alpha value is -2.80. The zero-order valence-corrected chi connectivity index (χ0v) is 28.0. The van der Waals surface area contributed by atoms with Crippen molar-refractivity contribution in [2.45, 2.75) is 83.1 Å². The van der Waals surface area contributed by atoms with E-state index in [1.807, 2.05) is 83.1 Å². The first-order valence-corrected chi connectivity index (χ1v) is 14.3. The SMILES string of the molecule is CC(C)=COCC(COC=C(C)C)(COC=C(C)C)COCC(COC=C(C)C)(COC=C(C)C)COC=C(C)C. The quantitative estimate of drug-likeness (QED) is 0.119. The zero-order chi connectivity index (χ0) is 31.3. The second kappa shape index (κ2) is 21.0. The molecule has 0 atom stereocenters. The molecule has 0 radical (unpaired) electrons. The first kappa shape index (κ1) is 38.2. The van der Waals surface area contributed by atoms with Gasteiger partial charge in [0.2, 0.25) is 0 Å². The molecule has 0 aliphatic carbocycles. The second-order valence-corrected chi connectivity index (χ2v) is 12.5. The lowest BCUT2D eigenvalue weighted by atomic mass is 9.90. The Morgan fingerprint density at radius 2 is 0.488 bits per heavy atom. The second-order valence-electron chi connectivity index (χ2n) is 12.5. The maximum Gasteiger partial charge on any atom is 0.102 e. The Kier molecular flexibility index (Phi) is 19.5. The molecule has 0 spiro atoms. The van der Waals surface area contributed by atoms with Crippen molar-refractivity contribution in [3.05, 3.63) is 71.0 Å². The van der Waals surface area contributed by atoms with E-state index in [2.05, 4.69) is 0 Å². The highest BCUT2D eigenvalue weighted by atomic mass is 16.5. The molecule has 0 fully saturated rings. The van der Waals surface area contributed by atoms with Crippen molar-refractivity contribution in [3.63, 3.8) is 0 Å². The minimum Gasteiger partial charge on any atom is -0.500 e. The molecule has 0 aromatic rings. The molecule has 41 heavy (non-hydrogen) atoms. The molecule has 0 aromatic carbocycles. The van der Waals surface area contributed by atoms with E-state index >= 15 is 0 Å². The average Bonchev–Trinajstić information content (AvgIpc) is 2.82. The van der Waals surface area contributed by atoms with E-state index in [1.165, 1.54) is 0 Å². The van der Waals surface area contributed by atoms with Crippen molar-refractivity contribution in [3.8, 4) is 0 Å². The highest BCUT2D eigenvalue weighted by Crippen LogP contribution is 2.26. The molecule has 0 unspecified atom stereocenters. The Bertz CT molecular complexity index is 713. The number of rotatable bonds is 22. The van der Waals surface area contributed by atoms with Crippen molar-refractivity contribution in [1.29, 1.82) is 0 Å². The van der Waals surface area contributed by atoms with Crippen molar-refractivity contribution < 1.29 is 33.2 Å². The molecule has 0 N–H and O–H groups in total. The number of hydrogen-bond acceptors (Lipinski definition) is 7. The molecule has 0 aromatic heterocycles. The molecule has 0 saturated carbocycles. The van der Waals surface area contributed by atoms with Crippen LogP contribution in [-0.4, -0.2) is 52.9 Å². The van der Waals surface area contributed by atoms with E-state index in [-0.39, 0.29) is 0 Å². The van der Waals surface area contributed by atoms with Crippen LogP contribution >= 0.6 is 0 Å². The summed E-state index contributed by atoms with van der Waals surface area (Å²) in [6.07, 6.45) is 10.6. The molecule has 0 heterocycles. The van der Waals surface area contributed by atoms with Crippen molar-refractivity contribution in [1.82, 2.24) is 0 Å². The molecule has 0 aliphatic heterocycles. The predicted octanol–water partition coefficient (Wildman–Crippen LogP) is 8.62. The molecule has 0 rings (SSSR count). The van der Waals surface area contributed by atoms with Crippen molar-refractivity contribution in [2.75, 3.05) is 52.9 Å². The van der Waals surface area contributed by atoms with Gasteiger partial charge in [-0.15, -0.1) is 0 Å². The van der Waals surface area contributed by atoms with Gasteiger partial charge < -0.3 is 33.2 Å². The summed E-state index contributed by atoms with van der Waals surface area (Å²) in [6, 6.07) is 0. The molecular weight excluding hydrogens is 520 g/mol. The van der Waals surface area contributed by atoms with E-state index in [9.17, 15) is 0 Å². The Morgan fingerprint density at radius 3 is 0.634 bits per heavy atom. The van der Waals surface area contributed by atoms with Crippen molar-refractivity contribution >= 4 is 0 Å². The van der Waals surface area contributed by atoms with Gasteiger partial charge >= 0.3 is 0 Å². The van der Waals surface area contributed by atoms with Gasteiger partial charge in [-0.25, -0.2) is 0 Å². The van der Waals surface area contributed by atoms with Crippen LogP contribution < -0.4 is 0 Å². The highest BCUT2D eigenvalue weighted by Gasteiger charge is 2.38. The van der Waals surface area contributed by atoms with Gasteiger partial charge in [0.1, 0.15) is 39.6 Å². The molecule has 7 heteroatoms. The lowest BCUT2D eigenvalue weighted by molar-refractivity contribution is -0.110. The fraction of sp³-hybridized carbons (Fsp3) is 0.647. The minimum absolute atomic E-state index is 0.326. The fourth-order valence-corrected chi connectivity index (χ4v) is 3.29. The number of ether oxygens (including phenoxy) is 7. The topological polar surface area (TPSA) is 64.6 Å². The summed E-state index contributed by atoms with van der Waals surface area (Å²) < 4.78 is 42.5. The third-order valence-corrected chi connectivity index (χ3v) is 5.07. The molecule has 0 amide bonds. The van der Waals surface area contributed by atoms with Crippen LogP contribution in [0.2, 0.25) is 0 Å². The van der Waals surface area contributed by atoms with Gasteiger partial charge in [-0.3, -0.25) is 0 Å². The summed E-state index contributed by atoms with van der Waals surface area (Å²) >= 11 is 0. The third-order valence-electron chi connectivity index (χ3n) is 5.07. The molecule has 0 bridgehead atoms.